The van der Waals surface area contributed by atoms with E-state index >= 15 is 0 Å². The lowest BCUT2D eigenvalue weighted by Crippen LogP contribution is -2.17. The van der Waals surface area contributed by atoms with Gasteiger partial charge in [0.25, 0.3) is 5.22 Å². The maximum atomic E-state index is 10.8. The second-order valence-electron chi connectivity index (χ2n) is 2.07. The number of carbonyl (C=O) groups excluding carboxylic acids is 1. The molecule has 1 rings (SSSR count). The van der Waals surface area contributed by atoms with E-state index in [1.165, 1.54) is 18.0 Å². The maximum Gasteiger partial charge on any atom is 0.255 e. The number of rotatable bonds is 4. The van der Waals surface area contributed by atoms with Crippen LogP contribution in [-0.2, 0) is 4.79 Å². The Labute approximate surface area is 74.7 Å². The van der Waals surface area contributed by atoms with Gasteiger partial charge in [0, 0.05) is 19.2 Å². The molecule has 0 aliphatic heterocycles. The van der Waals surface area contributed by atoms with E-state index in [1.54, 1.807) is 13.2 Å². The highest BCUT2D eigenvalue weighted by molar-refractivity contribution is 7.99. The number of carbonyl (C=O) groups is 1. The molecular weight excluding hydrogens is 176 g/mol. The molecule has 0 aliphatic rings. The van der Waals surface area contributed by atoms with E-state index in [9.17, 15) is 4.79 Å². The molecule has 1 N–H and O–H groups in total. The summed E-state index contributed by atoms with van der Waals surface area (Å²) in [4.78, 5) is 14.7. The van der Waals surface area contributed by atoms with Crippen LogP contribution in [0.5, 0.6) is 0 Å². The summed E-state index contributed by atoms with van der Waals surface area (Å²) < 4.78 is 4.97. The van der Waals surface area contributed by atoms with Crippen LogP contribution in [0.4, 0.5) is 0 Å². The van der Waals surface area contributed by atoms with Crippen LogP contribution in [0.2, 0.25) is 0 Å². The Morgan fingerprint density at radius 1 is 1.83 bits per heavy atom. The average molecular weight is 186 g/mol. The smallest absolute Gasteiger partial charge is 0.255 e. The van der Waals surface area contributed by atoms with Crippen molar-refractivity contribution in [3.63, 3.8) is 0 Å². The van der Waals surface area contributed by atoms with Crippen LogP contribution in [0.25, 0.3) is 0 Å². The number of amides is 1. The van der Waals surface area contributed by atoms with Crippen molar-refractivity contribution in [2.24, 2.45) is 0 Å². The summed E-state index contributed by atoms with van der Waals surface area (Å²) in [5.41, 5.74) is 0. The SMILES string of the molecule is CNC(=O)CCSc1ncco1. The number of nitrogens with zero attached hydrogens (tertiary/aromatic N) is 1. The summed E-state index contributed by atoms with van der Waals surface area (Å²) >= 11 is 1.43. The average Bonchev–Trinajstić information content (AvgIpc) is 2.57. The summed E-state index contributed by atoms with van der Waals surface area (Å²) in [6.07, 6.45) is 3.59. The zero-order valence-electron chi connectivity index (χ0n) is 6.74. The molecular formula is C7H10N2O2S. The number of nitrogens with one attached hydrogen (secondary N) is 1. The van der Waals surface area contributed by atoms with Crippen molar-refractivity contribution in [2.75, 3.05) is 12.8 Å². The minimum atomic E-state index is 0.0362. The normalized spacial score (nSPS) is 9.75. The van der Waals surface area contributed by atoms with E-state index in [4.69, 9.17) is 4.42 Å². The van der Waals surface area contributed by atoms with Gasteiger partial charge in [0.15, 0.2) is 0 Å². The van der Waals surface area contributed by atoms with Crippen LogP contribution < -0.4 is 5.32 Å². The van der Waals surface area contributed by atoms with Gasteiger partial charge in [-0.05, 0) is 0 Å². The molecule has 1 amide bonds. The lowest BCUT2D eigenvalue weighted by Gasteiger charge is -1.96. The third kappa shape index (κ3) is 2.96. The van der Waals surface area contributed by atoms with E-state index in [0.717, 1.165) is 0 Å². The van der Waals surface area contributed by atoms with Gasteiger partial charge in [0.05, 0.1) is 6.20 Å². The highest BCUT2D eigenvalue weighted by Crippen LogP contribution is 2.15. The van der Waals surface area contributed by atoms with E-state index in [-0.39, 0.29) is 5.91 Å². The molecule has 12 heavy (non-hydrogen) atoms. The zero-order chi connectivity index (χ0) is 8.81. The van der Waals surface area contributed by atoms with Crippen LogP contribution >= 0.6 is 11.8 Å². The number of oxazole rings is 1. The van der Waals surface area contributed by atoms with Crippen LogP contribution in [0.15, 0.2) is 22.1 Å². The van der Waals surface area contributed by atoms with Crippen LogP contribution in [0.1, 0.15) is 6.42 Å². The van der Waals surface area contributed by atoms with Gasteiger partial charge >= 0.3 is 0 Å². The van der Waals surface area contributed by atoms with Crippen molar-refractivity contribution >= 4 is 17.7 Å². The molecule has 0 aliphatic carbocycles. The topological polar surface area (TPSA) is 55.1 Å². The third-order valence-electron chi connectivity index (χ3n) is 1.24. The molecule has 0 spiro atoms. The van der Waals surface area contributed by atoms with Gasteiger partial charge in [-0.25, -0.2) is 4.98 Å². The second kappa shape index (κ2) is 4.82. The van der Waals surface area contributed by atoms with Crippen molar-refractivity contribution in [3.8, 4) is 0 Å². The molecule has 4 nitrogen and oxygen atoms in total. The van der Waals surface area contributed by atoms with Gasteiger partial charge in [-0.1, -0.05) is 11.8 Å². The van der Waals surface area contributed by atoms with Gasteiger partial charge in [-0.3, -0.25) is 4.79 Å². The Bertz CT molecular complexity index is 236. The highest BCUT2D eigenvalue weighted by Gasteiger charge is 2.01. The summed E-state index contributed by atoms with van der Waals surface area (Å²) in [6.45, 7) is 0. The first kappa shape index (κ1) is 9.12. The van der Waals surface area contributed by atoms with Gasteiger partial charge in [-0.15, -0.1) is 0 Å². The summed E-state index contributed by atoms with van der Waals surface area (Å²) in [7, 11) is 1.62. The lowest BCUT2D eigenvalue weighted by atomic mass is 10.5. The number of hydrogen-bond acceptors (Lipinski definition) is 4. The van der Waals surface area contributed by atoms with Crippen molar-refractivity contribution < 1.29 is 9.21 Å². The summed E-state index contributed by atoms with van der Waals surface area (Å²) in [6, 6.07) is 0. The fraction of sp³-hybridized carbons (Fsp3) is 0.429. The molecule has 1 aromatic rings. The van der Waals surface area contributed by atoms with E-state index < -0.39 is 0 Å². The Hall–Kier alpha value is -0.970. The van der Waals surface area contributed by atoms with E-state index in [1.807, 2.05) is 0 Å². The minimum Gasteiger partial charge on any atom is -0.440 e. The predicted molar refractivity (Wildman–Crippen MR) is 45.9 cm³/mol. The number of aromatic nitrogens is 1. The molecule has 1 heterocycles. The first-order valence-corrected chi connectivity index (χ1v) is 4.54. The van der Waals surface area contributed by atoms with Crippen molar-refractivity contribution in [3.05, 3.63) is 12.5 Å². The highest BCUT2D eigenvalue weighted by atomic mass is 32.2. The molecule has 0 saturated carbocycles. The standard InChI is InChI=1S/C7H10N2O2S/c1-8-6(10)2-5-12-7-9-3-4-11-7/h3-4H,2,5H2,1H3,(H,8,10). The molecule has 0 unspecified atom stereocenters. The number of thioether (sulfide) groups is 1. The predicted octanol–water partition coefficient (Wildman–Crippen LogP) is 0.903. The molecule has 0 fully saturated rings. The molecule has 1 aromatic heterocycles. The van der Waals surface area contributed by atoms with Crippen molar-refractivity contribution in [2.45, 2.75) is 11.6 Å². The quantitative estimate of drug-likeness (QED) is 0.710. The second-order valence-corrected chi connectivity index (χ2v) is 3.12. The summed E-state index contributed by atoms with van der Waals surface area (Å²) in [5, 5.41) is 3.15. The first-order chi connectivity index (χ1) is 5.83. The van der Waals surface area contributed by atoms with Crippen LogP contribution in [-0.4, -0.2) is 23.7 Å². The third-order valence-corrected chi connectivity index (χ3v) is 2.10. The summed E-state index contributed by atoms with van der Waals surface area (Å²) in [5.74, 6) is 0.731. The number of hydrogen-bond donors (Lipinski definition) is 1. The van der Waals surface area contributed by atoms with Gasteiger partial charge < -0.3 is 9.73 Å². The van der Waals surface area contributed by atoms with Crippen molar-refractivity contribution in [1.82, 2.24) is 10.3 Å². The Balaban J connectivity index is 2.15. The Morgan fingerprint density at radius 3 is 3.25 bits per heavy atom. The molecule has 0 saturated heterocycles. The maximum absolute atomic E-state index is 10.8. The van der Waals surface area contributed by atoms with Gasteiger partial charge in [0.1, 0.15) is 6.26 Å². The van der Waals surface area contributed by atoms with Crippen LogP contribution in [0, 0.1) is 0 Å². The minimum absolute atomic E-state index is 0.0362. The fourth-order valence-electron chi connectivity index (χ4n) is 0.638. The molecule has 0 bridgehead atoms. The molecule has 5 heteroatoms. The van der Waals surface area contributed by atoms with E-state index in [0.29, 0.717) is 17.4 Å². The monoisotopic (exact) mass is 186 g/mol. The fourth-order valence-corrected chi connectivity index (χ4v) is 1.36. The van der Waals surface area contributed by atoms with Gasteiger partial charge in [-0.2, -0.15) is 0 Å². The molecule has 0 atom stereocenters. The van der Waals surface area contributed by atoms with Crippen LogP contribution in [0.3, 0.4) is 0 Å². The van der Waals surface area contributed by atoms with Crippen molar-refractivity contribution in [1.29, 1.82) is 0 Å². The largest absolute Gasteiger partial charge is 0.440 e. The van der Waals surface area contributed by atoms with Gasteiger partial charge in [0.2, 0.25) is 5.91 Å². The molecule has 66 valence electrons. The lowest BCUT2D eigenvalue weighted by molar-refractivity contribution is -0.120. The van der Waals surface area contributed by atoms with E-state index in [2.05, 4.69) is 10.3 Å². The first-order valence-electron chi connectivity index (χ1n) is 3.56. The Morgan fingerprint density at radius 2 is 2.67 bits per heavy atom. The Kier molecular flexibility index (Phi) is 3.66. The molecule has 0 radical (unpaired) electrons. The zero-order valence-corrected chi connectivity index (χ0v) is 7.56. The molecule has 0 aromatic carbocycles.